The van der Waals surface area contributed by atoms with Gasteiger partial charge in [-0.3, -0.25) is 15.1 Å². The first-order valence-electron chi connectivity index (χ1n) is 5.01. The second-order valence-electron chi connectivity index (χ2n) is 3.50. The molecule has 0 bridgehead atoms. The zero-order chi connectivity index (χ0) is 12.3. The number of aliphatic hydroxyl groups excluding tert-OH is 1. The molecule has 0 amide bonds. The van der Waals surface area contributed by atoms with E-state index < -0.39 is 11.0 Å². The Labute approximate surface area is 97.5 Å². The van der Waals surface area contributed by atoms with Crippen LogP contribution in [0.25, 0.3) is 0 Å². The zero-order valence-corrected chi connectivity index (χ0v) is 8.85. The molecule has 0 radical (unpaired) electrons. The number of rotatable bonds is 3. The largest absolute Gasteiger partial charge is 0.383 e. The van der Waals surface area contributed by atoms with Gasteiger partial charge >= 0.3 is 0 Å². The lowest BCUT2D eigenvalue weighted by molar-refractivity contribution is -0.386. The first-order chi connectivity index (χ1) is 8.20. The van der Waals surface area contributed by atoms with Gasteiger partial charge in [0.25, 0.3) is 5.69 Å². The third-order valence-electron chi connectivity index (χ3n) is 2.43. The van der Waals surface area contributed by atoms with Gasteiger partial charge in [-0.05, 0) is 12.1 Å². The highest BCUT2D eigenvalue weighted by molar-refractivity contribution is 5.44. The number of hydrogen-bond donors (Lipinski definition) is 1. The minimum absolute atomic E-state index is 0.0937. The van der Waals surface area contributed by atoms with Crippen molar-refractivity contribution in [2.24, 2.45) is 0 Å². The van der Waals surface area contributed by atoms with Gasteiger partial charge in [-0.25, -0.2) is 0 Å². The van der Waals surface area contributed by atoms with Gasteiger partial charge in [-0.2, -0.15) is 0 Å². The number of hydrogen-bond acceptors (Lipinski definition) is 4. The summed E-state index contributed by atoms with van der Waals surface area (Å²) in [5, 5.41) is 20.9. The molecule has 86 valence electrons. The lowest BCUT2D eigenvalue weighted by Gasteiger charge is -2.10. The third-order valence-corrected chi connectivity index (χ3v) is 2.43. The van der Waals surface area contributed by atoms with E-state index in [2.05, 4.69) is 4.98 Å². The topological polar surface area (TPSA) is 76.3 Å². The quantitative estimate of drug-likeness (QED) is 0.646. The van der Waals surface area contributed by atoms with E-state index in [4.69, 9.17) is 0 Å². The minimum atomic E-state index is -1.04. The molecular formula is C12H10N2O3. The summed E-state index contributed by atoms with van der Waals surface area (Å²) >= 11 is 0. The first kappa shape index (κ1) is 11.2. The number of para-hydroxylation sites is 1. The third kappa shape index (κ3) is 2.29. The van der Waals surface area contributed by atoms with E-state index >= 15 is 0 Å². The Morgan fingerprint density at radius 3 is 2.65 bits per heavy atom. The highest BCUT2D eigenvalue weighted by atomic mass is 16.6. The summed E-state index contributed by atoms with van der Waals surface area (Å²) in [7, 11) is 0. The highest BCUT2D eigenvalue weighted by Crippen LogP contribution is 2.28. The number of pyridine rings is 1. The Morgan fingerprint density at radius 1 is 1.24 bits per heavy atom. The van der Waals surface area contributed by atoms with E-state index in [-0.39, 0.29) is 11.3 Å². The molecule has 5 nitrogen and oxygen atoms in total. The van der Waals surface area contributed by atoms with Gasteiger partial charge < -0.3 is 5.11 Å². The molecule has 0 aliphatic carbocycles. The molecule has 17 heavy (non-hydrogen) atoms. The monoisotopic (exact) mass is 230 g/mol. The maximum atomic E-state index is 10.8. The summed E-state index contributed by atoms with van der Waals surface area (Å²) in [6, 6.07) is 9.48. The molecule has 0 fully saturated rings. The van der Waals surface area contributed by atoms with Crippen molar-refractivity contribution in [3.8, 4) is 0 Å². The van der Waals surface area contributed by atoms with Crippen LogP contribution in [0.5, 0.6) is 0 Å². The second kappa shape index (κ2) is 4.71. The fraction of sp³-hybridized carbons (Fsp3) is 0.0833. The highest BCUT2D eigenvalue weighted by Gasteiger charge is 2.20. The normalized spacial score (nSPS) is 12.1. The average molecular weight is 230 g/mol. The molecule has 1 atom stereocenters. The van der Waals surface area contributed by atoms with Crippen molar-refractivity contribution in [3.63, 3.8) is 0 Å². The van der Waals surface area contributed by atoms with Crippen molar-refractivity contribution in [2.75, 3.05) is 0 Å². The van der Waals surface area contributed by atoms with E-state index in [1.165, 1.54) is 18.3 Å². The first-order valence-corrected chi connectivity index (χ1v) is 5.01. The van der Waals surface area contributed by atoms with Crippen molar-refractivity contribution < 1.29 is 10.0 Å². The minimum Gasteiger partial charge on any atom is -0.383 e. The molecule has 0 saturated heterocycles. The van der Waals surface area contributed by atoms with Crippen LogP contribution in [0.15, 0.2) is 48.8 Å². The lowest BCUT2D eigenvalue weighted by atomic mass is 10.0. The van der Waals surface area contributed by atoms with Crippen LogP contribution in [0.4, 0.5) is 5.69 Å². The lowest BCUT2D eigenvalue weighted by Crippen LogP contribution is -2.03. The molecule has 1 N–H and O–H groups in total. The van der Waals surface area contributed by atoms with Gasteiger partial charge in [0.15, 0.2) is 0 Å². The van der Waals surface area contributed by atoms with E-state index in [9.17, 15) is 15.2 Å². The van der Waals surface area contributed by atoms with Gasteiger partial charge in [-0.15, -0.1) is 0 Å². The molecule has 0 spiro atoms. The standard InChI is InChI=1S/C12H10N2O3/c15-12(9-4-3-7-13-8-9)10-5-1-2-6-11(10)14(16)17/h1-8,12,15H/t12-/m0/s1. The number of aromatic nitrogens is 1. The van der Waals surface area contributed by atoms with Crippen LogP contribution in [0, 0.1) is 10.1 Å². The number of benzene rings is 1. The predicted octanol–water partition coefficient (Wildman–Crippen LogP) is 2.07. The van der Waals surface area contributed by atoms with Crippen LogP contribution in [0.1, 0.15) is 17.2 Å². The SMILES string of the molecule is O=[N+]([O-])c1ccccc1[C@@H](O)c1cccnc1. The van der Waals surface area contributed by atoms with Crippen molar-refractivity contribution in [3.05, 3.63) is 70.0 Å². The Hall–Kier alpha value is -2.27. The molecule has 2 rings (SSSR count). The number of nitro benzene ring substituents is 1. The Bertz CT molecular complexity index is 528. The van der Waals surface area contributed by atoms with Gasteiger partial charge in [0.05, 0.1) is 10.5 Å². The van der Waals surface area contributed by atoms with Crippen molar-refractivity contribution in [1.82, 2.24) is 4.98 Å². The van der Waals surface area contributed by atoms with Crippen molar-refractivity contribution in [2.45, 2.75) is 6.10 Å². The molecule has 0 aliphatic rings. The van der Waals surface area contributed by atoms with Crippen molar-refractivity contribution >= 4 is 5.69 Å². The second-order valence-corrected chi connectivity index (χ2v) is 3.50. The summed E-state index contributed by atoms with van der Waals surface area (Å²) in [6.45, 7) is 0. The number of nitrogens with zero attached hydrogens (tertiary/aromatic N) is 2. The number of nitro groups is 1. The van der Waals surface area contributed by atoms with Crippen molar-refractivity contribution in [1.29, 1.82) is 0 Å². The van der Waals surface area contributed by atoms with E-state index in [0.717, 1.165) is 0 Å². The molecular weight excluding hydrogens is 220 g/mol. The molecule has 5 heteroatoms. The van der Waals surface area contributed by atoms with Crippen LogP contribution in [-0.2, 0) is 0 Å². The molecule has 2 aromatic rings. The fourth-order valence-corrected chi connectivity index (χ4v) is 1.60. The van der Waals surface area contributed by atoms with Crippen LogP contribution in [0.3, 0.4) is 0 Å². The van der Waals surface area contributed by atoms with Gasteiger partial charge in [0, 0.05) is 24.0 Å². The molecule has 0 aliphatic heterocycles. The Kier molecular flexibility index (Phi) is 3.11. The van der Waals surface area contributed by atoms with Gasteiger partial charge in [-0.1, -0.05) is 18.2 Å². The summed E-state index contributed by atoms with van der Waals surface area (Å²) in [4.78, 5) is 14.2. The number of aliphatic hydroxyl groups is 1. The summed E-state index contributed by atoms with van der Waals surface area (Å²) < 4.78 is 0. The molecule has 0 unspecified atom stereocenters. The van der Waals surface area contributed by atoms with Gasteiger partial charge in [0.2, 0.25) is 0 Å². The average Bonchev–Trinajstić information content (AvgIpc) is 2.39. The molecule has 1 aromatic carbocycles. The van der Waals surface area contributed by atoms with E-state index in [0.29, 0.717) is 5.56 Å². The van der Waals surface area contributed by atoms with Gasteiger partial charge in [0.1, 0.15) is 6.10 Å². The maximum absolute atomic E-state index is 10.8. The smallest absolute Gasteiger partial charge is 0.275 e. The summed E-state index contributed by atoms with van der Waals surface area (Å²) in [5.74, 6) is 0. The zero-order valence-electron chi connectivity index (χ0n) is 8.85. The summed E-state index contributed by atoms with van der Waals surface area (Å²) in [5.41, 5.74) is 0.705. The summed E-state index contributed by atoms with van der Waals surface area (Å²) in [6.07, 6.45) is 2.03. The molecule has 0 saturated carbocycles. The van der Waals surface area contributed by atoms with Crippen LogP contribution in [-0.4, -0.2) is 15.0 Å². The fourth-order valence-electron chi connectivity index (χ4n) is 1.60. The predicted molar refractivity (Wildman–Crippen MR) is 61.4 cm³/mol. The van der Waals surface area contributed by atoms with E-state index in [1.807, 2.05) is 0 Å². The van der Waals surface area contributed by atoms with E-state index in [1.54, 1.807) is 30.5 Å². The maximum Gasteiger partial charge on any atom is 0.275 e. The molecule has 1 heterocycles. The van der Waals surface area contributed by atoms with Crippen LogP contribution < -0.4 is 0 Å². The Balaban J connectivity index is 2.44. The Morgan fingerprint density at radius 2 is 2.00 bits per heavy atom. The van der Waals surface area contributed by atoms with Crippen LogP contribution in [0.2, 0.25) is 0 Å². The molecule has 1 aromatic heterocycles. The van der Waals surface area contributed by atoms with Crippen LogP contribution >= 0.6 is 0 Å².